The van der Waals surface area contributed by atoms with E-state index in [0.717, 1.165) is 22.5 Å². The first-order valence-corrected chi connectivity index (χ1v) is 9.39. The normalized spacial score (nSPS) is 11.2. The molecular formula is C23H30N2O2. The fourth-order valence-electron chi connectivity index (χ4n) is 3.23. The van der Waals surface area contributed by atoms with Gasteiger partial charge >= 0.3 is 0 Å². The van der Waals surface area contributed by atoms with E-state index in [9.17, 15) is 9.59 Å². The molecule has 0 heterocycles. The van der Waals surface area contributed by atoms with Gasteiger partial charge < -0.3 is 9.80 Å². The van der Waals surface area contributed by atoms with E-state index in [2.05, 4.69) is 20.8 Å². The van der Waals surface area contributed by atoms with E-state index in [4.69, 9.17) is 0 Å². The minimum absolute atomic E-state index is 0.0181. The predicted octanol–water partition coefficient (Wildman–Crippen LogP) is 4.70. The van der Waals surface area contributed by atoms with E-state index < -0.39 is 0 Å². The molecule has 4 nitrogen and oxygen atoms in total. The largest absolute Gasteiger partial charge is 0.311 e. The third kappa shape index (κ3) is 4.97. The van der Waals surface area contributed by atoms with Gasteiger partial charge in [0.25, 0.3) is 0 Å². The summed E-state index contributed by atoms with van der Waals surface area (Å²) in [5, 5.41) is 0. The summed E-state index contributed by atoms with van der Waals surface area (Å²) in [5.74, 6) is -0.234. The zero-order valence-electron chi connectivity index (χ0n) is 17.2. The SMILES string of the molecule is CCN(C(=O)CN(C(C)=O)c1ccccc1C(C)(C)C)c1cccc(C)c1. The summed E-state index contributed by atoms with van der Waals surface area (Å²) >= 11 is 0. The van der Waals surface area contributed by atoms with Crippen LogP contribution in [0.1, 0.15) is 45.7 Å². The van der Waals surface area contributed by atoms with Crippen LogP contribution in [0, 0.1) is 6.92 Å². The smallest absolute Gasteiger partial charge is 0.247 e. The van der Waals surface area contributed by atoms with Crippen LogP contribution in [-0.2, 0) is 15.0 Å². The van der Waals surface area contributed by atoms with Crippen molar-refractivity contribution < 1.29 is 9.59 Å². The van der Waals surface area contributed by atoms with Crippen molar-refractivity contribution in [2.45, 2.75) is 47.0 Å². The van der Waals surface area contributed by atoms with Crippen molar-refractivity contribution in [2.75, 3.05) is 22.9 Å². The zero-order chi connectivity index (χ0) is 20.2. The standard InChI is InChI=1S/C23H30N2O2/c1-7-24(19-12-10-11-17(2)15-19)22(27)16-25(18(3)26)21-14-9-8-13-20(21)23(4,5)6/h8-15H,7,16H2,1-6H3. The van der Waals surface area contributed by atoms with E-state index in [1.54, 1.807) is 9.80 Å². The number of anilines is 2. The lowest BCUT2D eigenvalue weighted by atomic mass is 9.85. The fourth-order valence-corrected chi connectivity index (χ4v) is 3.23. The number of amides is 2. The average molecular weight is 367 g/mol. The fraction of sp³-hybridized carbons (Fsp3) is 0.391. The van der Waals surface area contributed by atoms with Crippen LogP contribution in [0.2, 0.25) is 0 Å². The van der Waals surface area contributed by atoms with Crippen molar-refractivity contribution in [3.63, 3.8) is 0 Å². The molecule has 0 radical (unpaired) electrons. The summed E-state index contributed by atoms with van der Waals surface area (Å²) in [5.41, 5.74) is 3.67. The minimum atomic E-state index is -0.139. The van der Waals surface area contributed by atoms with E-state index in [1.807, 2.05) is 62.4 Å². The van der Waals surface area contributed by atoms with Gasteiger partial charge in [-0.2, -0.15) is 0 Å². The molecule has 0 bridgehead atoms. The van der Waals surface area contributed by atoms with Gasteiger partial charge in [0, 0.05) is 24.8 Å². The van der Waals surface area contributed by atoms with Gasteiger partial charge in [0.1, 0.15) is 6.54 Å². The van der Waals surface area contributed by atoms with Crippen LogP contribution in [-0.4, -0.2) is 24.9 Å². The summed E-state index contributed by atoms with van der Waals surface area (Å²) < 4.78 is 0. The molecule has 2 aromatic rings. The van der Waals surface area contributed by atoms with E-state index in [-0.39, 0.29) is 23.8 Å². The molecule has 0 spiro atoms. The molecule has 0 saturated carbocycles. The van der Waals surface area contributed by atoms with Crippen LogP contribution in [0.4, 0.5) is 11.4 Å². The van der Waals surface area contributed by atoms with Crippen molar-refractivity contribution in [1.82, 2.24) is 0 Å². The van der Waals surface area contributed by atoms with E-state index in [0.29, 0.717) is 6.54 Å². The Morgan fingerprint density at radius 1 is 0.963 bits per heavy atom. The Morgan fingerprint density at radius 2 is 1.63 bits per heavy atom. The first-order chi connectivity index (χ1) is 12.6. The molecule has 27 heavy (non-hydrogen) atoms. The van der Waals surface area contributed by atoms with Gasteiger partial charge in [-0.25, -0.2) is 0 Å². The molecule has 0 saturated heterocycles. The van der Waals surface area contributed by atoms with Gasteiger partial charge in [0.15, 0.2) is 0 Å². The van der Waals surface area contributed by atoms with Crippen molar-refractivity contribution >= 4 is 23.2 Å². The minimum Gasteiger partial charge on any atom is -0.311 e. The topological polar surface area (TPSA) is 40.6 Å². The number of nitrogens with zero attached hydrogens (tertiary/aromatic N) is 2. The van der Waals surface area contributed by atoms with Crippen molar-refractivity contribution in [3.8, 4) is 0 Å². The Balaban J connectivity index is 2.37. The molecule has 0 unspecified atom stereocenters. The molecule has 0 aromatic heterocycles. The number of para-hydroxylation sites is 1. The van der Waals surface area contributed by atoms with Gasteiger partial charge in [-0.3, -0.25) is 9.59 Å². The van der Waals surface area contributed by atoms with Crippen LogP contribution in [0.15, 0.2) is 48.5 Å². The van der Waals surface area contributed by atoms with Gasteiger partial charge in [-0.15, -0.1) is 0 Å². The second-order valence-electron chi connectivity index (χ2n) is 7.85. The number of rotatable bonds is 5. The number of likely N-dealkylation sites (N-methyl/N-ethyl adjacent to an activating group) is 1. The molecule has 144 valence electrons. The molecule has 0 N–H and O–H groups in total. The second-order valence-corrected chi connectivity index (χ2v) is 7.85. The predicted molar refractivity (Wildman–Crippen MR) is 112 cm³/mol. The Bertz CT molecular complexity index is 821. The molecular weight excluding hydrogens is 336 g/mol. The summed E-state index contributed by atoms with van der Waals surface area (Å²) in [7, 11) is 0. The van der Waals surface area contributed by atoms with E-state index in [1.165, 1.54) is 6.92 Å². The lowest BCUT2D eigenvalue weighted by Crippen LogP contribution is -2.43. The third-order valence-electron chi connectivity index (χ3n) is 4.61. The first kappa shape index (κ1) is 20.7. The highest BCUT2D eigenvalue weighted by Gasteiger charge is 2.26. The molecule has 0 atom stereocenters. The van der Waals surface area contributed by atoms with Crippen molar-refractivity contribution in [1.29, 1.82) is 0 Å². The Kier molecular flexibility index (Phi) is 6.42. The maximum absolute atomic E-state index is 13.1. The van der Waals surface area contributed by atoms with Crippen LogP contribution < -0.4 is 9.80 Å². The summed E-state index contributed by atoms with van der Waals surface area (Å²) in [6.07, 6.45) is 0. The van der Waals surface area contributed by atoms with Gasteiger partial charge in [0.05, 0.1) is 0 Å². The number of aryl methyl sites for hydroxylation is 1. The number of hydrogen-bond acceptors (Lipinski definition) is 2. The second kappa shape index (κ2) is 8.38. The summed E-state index contributed by atoms with van der Waals surface area (Å²) in [4.78, 5) is 28.8. The Morgan fingerprint density at radius 3 is 2.19 bits per heavy atom. The maximum Gasteiger partial charge on any atom is 0.247 e. The highest BCUT2D eigenvalue weighted by molar-refractivity contribution is 6.03. The Labute approximate surface area is 162 Å². The molecule has 4 heteroatoms. The average Bonchev–Trinajstić information content (AvgIpc) is 2.59. The molecule has 2 aromatic carbocycles. The van der Waals surface area contributed by atoms with Gasteiger partial charge in [-0.05, 0) is 48.6 Å². The molecule has 0 aliphatic heterocycles. The van der Waals surface area contributed by atoms with Crippen molar-refractivity contribution in [3.05, 3.63) is 59.7 Å². The van der Waals surface area contributed by atoms with Crippen molar-refractivity contribution in [2.24, 2.45) is 0 Å². The molecule has 0 aliphatic rings. The quantitative estimate of drug-likeness (QED) is 0.770. The number of hydrogen-bond donors (Lipinski definition) is 0. The van der Waals surface area contributed by atoms with Crippen LogP contribution in [0.3, 0.4) is 0 Å². The summed E-state index contributed by atoms with van der Waals surface area (Å²) in [6, 6.07) is 15.7. The lowest BCUT2D eigenvalue weighted by molar-refractivity contribution is -0.121. The molecule has 0 aliphatic carbocycles. The van der Waals surface area contributed by atoms with Crippen LogP contribution >= 0.6 is 0 Å². The lowest BCUT2D eigenvalue weighted by Gasteiger charge is -2.31. The molecule has 0 fully saturated rings. The molecule has 2 amide bonds. The number of benzene rings is 2. The third-order valence-corrected chi connectivity index (χ3v) is 4.61. The highest BCUT2D eigenvalue weighted by Crippen LogP contribution is 2.32. The highest BCUT2D eigenvalue weighted by atomic mass is 16.2. The first-order valence-electron chi connectivity index (χ1n) is 9.39. The maximum atomic E-state index is 13.1. The zero-order valence-corrected chi connectivity index (χ0v) is 17.2. The number of carbonyl (C=O) groups excluding carboxylic acids is 2. The Hall–Kier alpha value is -2.62. The molecule has 2 rings (SSSR count). The number of carbonyl (C=O) groups is 2. The van der Waals surface area contributed by atoms with Gasteiger partial charge in [-0.1, -0.05) is 51.1 Å². The monoisotopic (exact) mass is 366 g/mol. The summed E-state index contributed by atoms with van der Waals surface area (Å²) in [6.45, 7) is 12.4. The van der Waals surface area contributed by atoms with Gasteiger partial charge in [0.2, 0.25) is 11.8 Å². The van der Waals surface area contributed by atoms with Crippen LogP contribution in [0.5, 0.6) is 0 Å². The van der Waals surface area contributed by atoms with Crippen LogP contribution in [0.25, 0.3) is 0 Å². The van der Waals surface area contributed by atoms with E-state index >= 15 is 0 Å².